The van der Waals surface area contributed by atoms with Crippen LogP contribution in [0.2, 0.25) is 0 Å². The van der Waals surface area contributed by atoms with Crippen LogP contribution in [0.1, 0.15) is 58.3 Å². The maximum absolute atomic E-state index is 14.6. The van der Waals surface area contributed by atoms with Crippen LogP contribution >= 0.6 is 0 Å². The number of fused-ring (bicyclic) bond motifs is 2. The topological polar surface area (TPSA) is 127 Å². The van der Waals surface area contributed by atoms with Crippen molar-refractivity contribution in [3.05, 3.63) is 49.6 Å². The monoisotopic (exact) mass is 593 g/mol. The lowest BCUT2D eigenvalue weighted by Gasteiger charge is -2.36. The molecule has 1 aromatic heterocycles. The lowest BCUT2D eigenvalue weighted by Crippen LogP contribution is -2.56. The number of amides is 2. The number of carbonyl (C=O) groups is 3. The Morgan fingerprint density at radius 3 is 2.72 bits per heavy atom. The number of likely N-dealkylation sites (tertiary alicyclic amines) is 1. The molecule has 0 aliphatic carbocycles. The van der Waals surface area contributed by atoms with Gasteiger partial charge in [-0.15, -0.1) is 18.3 Å². The molecular formula is C32H43N5O6. The maximum atomic E-state index is 14.6. The summed E-state index contributed by atoms with van der Waals surface area (Å²) in [6, 6.07) is 6.62. The van der Waals surface area contributed by atoms with Crippen molar-refractivity contribution in [2.24, 2.45) is 11.8 Å². The van der Waals surface area contributed by atoms with E-state index in [1.54, 1.807) is 26.6 Å². The minimum absolute atomic E-state index is 0.117. The van der Waals surface area contributed by atoms with Crippen LogP contribution in [0.4, 0.5) is 0 Å². The summed E-state index contributed by atoms with van der Waals surface area (Å²) in [6.45, 7) is 10.5. The predicted octanol–water partition coefficient (Wildman–Crippen LogP) is 3.23. The van der Waals surface area contributed by atoms with Gasteiger partial charge in [0.2, 0.25) is 11.8 Å². The summed E-state index contributed by atoms with van der Waals surface area (Å²) in [4.78, 5) is 45.7. The molecule has 3 aliphatic heterocycles. The minimum Gasteiger partial charge on any atom is -0.465 e. The first kappa shape index (κ1) is 30.9. The van der Waals surface area contributed by atoms with Crippen LogP contribution in [0, 0.1) is 11.8 Å². The molecule has 2 bridgehead atoms. The first-order valence-corrected chi connectivity index (χ1v) is 15.4. The Bertz CT molecular complexity index is 1360. The van der Waals surface area contributed by atoms with Gasteiger partial charge in [0, 0.05) is 19.7 Å². The second kappa shape index (κ2) is 13.0. The number of hydrogen-bond donors (Lipinski definition) is 1. The lowest BCUT2D eigenvalue weighted by molar-refractivity contribution is -0.160. The van der Waals surface area contributed by atoms with Crippen molar-refractivity contribution in [3.8, 4) is 0 Å². The number of rotatable bonds is 16. The van der Waals surface area contributed by atoms with Gasteiger partial charge in [0.25, 0.3) is 0 Å². The van der Waals surface area contributed by atoms with E-state index in [1.807, 2.05) is 31.2 Å². The second-order valence-corrected chi connectivity index (χ2v) is 12.1. The Morgan fingerprint density at radius 1 is 1.16 bits per heavy atom. The van der Waals surface area contributed by atoms with Crippen LogP contribution in [0.3, 0.4) is 0 Å². The number of carbonyl (C=O) groups excluding carboxylic acids is 3. The van der Waals surface area contributed by atoms with Crippen LogP contribution in [-0.4, -0.2) is 91.2 Å². The molecule has 2 unspecified atom stereocenters. The number of hydrogen-bond acceptors (Lipinski definition) is 8. The Labute approximate surface area is 252 Å². The van der Waals surface area contributed by atoms with Crippen molar-refractivity contribution < 1.29 is 29.0 Å². The van der Waals surface area contributed by atoms with E-state index in [1.165, 1.54) is 0 Å². The van der Waals surface area contributed by atoms with E-state index in [-0.39, 0.29) is 38.2 Å². The number of para-hydroxylation sites is 1. The molecular weight excluding hydrogens is 550 g/mol. The zero-order valence-electron chi connectivity index (χ0n) is 25.0. The normalized spacial score (nSPS) is 27.4. The van der Waals surface area contributed by atoms with Crippen molar-refractivity contribution in [3.63, 3.8) is 0 Å². The second-order valence-electron chi connectivity index (χ2n) is 12.1. The molecule has 0 radical (unpaired) electrons. The third-order valence-electron chi connectivity index (χ3n) is 9.25. The van der Waals surface area contributed by atoms with E-state index >= 15 is 0 Å². The third kappa shape index (κ3) is 5.60. The van der Waals surface area contributed by atoms with E-state index < -0.39 is 35.0 Å². The number of ether oxygens (including phenoxy) is 2. The molecule has 4 heterocycles. The van der Waals surface area contributed by atoms with Gasteiger partial charge in [-0.3, -0.25) is 14.4 Å². The quantitative estimate of drug-likeness (QED) is 0.179. The van der Waals surface area contributed by atoms with Crippen LogP contribution in [0.5, 0.6) is 0 Å². The Kier molecular flexibility index (Phi) is 9.31. The maximum Gasteiger partial charge on any atom is 0.312 e. The molecule has 0 saturated carbocycles. The highest BCUT2D eigenvalue weighted by Crippen LogP contribution is 2.63. The fraction of sp³-hybridized carbons (Fsp3) is 0.594. The van der Waals surface area contributed by atoms with Crippen molar-refractivity contribution >= 4 is 28.8 Å². The van der Waals surface area contributed by atoms with Gasteiger partial charge in [0.05, 0.1) is 23.6 Å². The van der Waals surface area contributed by atoms with Crippen LogP contribution in [0.15, 0.2) is 49.6 Å². The summed E-state index contributed by atoms with van der Waals surface area (Å²) in [5.74, 6) is -2.54. The highest BCUT2D eigenvalue weighted by Gasteiger charge is 2.78. The molecule has 2 amide bonds. The molecule has 2 aromatic rings. The Balaban J connectivity index is 1.46. The van der Waals surface area contributed by atoms with E-state index in [0.29, 0.717) is 44.2 Å². The van der Waals surface area contributed by atoms with Crippen LogP contribution < -0.4 is 0 Å². The number of unbranched alkanes of at least 4 members (excludes halogenated alkanes) is 4. The van der Waals surface area contributed by atoms with E-state index in [0.717, 1.165) is 24.8 Å². The number of allylic oxidation sites excluding steroid dienone is 1. The number of aliphatic hydroxyl groups excluding tert-OH is 1. The number of aromatic nitrogens is 3. The molecule has 3 fully saturated rings. The average Bonchev–Trinajstić information content (AvgIpc) is 3.70. The SMILES string of the molecule is C=CCCCOC(=O)[C@H]1[C@H]2C(=O)N(CCCCCCO)C(C(=O)N(CC=C)Cn3nnc4ccccc43)C23CC[C@]1(C)O3. The van der Waals surface area contributed by atoms with Crippen LogP contribution in [-0.2, 0) is 30.5 Å². The zero-order valence-corrected chi connectivity index (χ0v) is 25.0. The standard InChI is InChI=1S/C32H43N5O6/c1-4-6-13-21-42-30(41)26-25-28(39)36(19-11-7-8-12-20-38)27(32(25)17-16-31(26,3)43-32)29(40)35(18-5-2)22-37-24-15-10-9-14-23(24)33-34-37/h4-5,9-10,14-15,25-27,38H,1-2,6-8,11-13,16-22H2,3H3/t25-,26+,27?,31-,32?/m0/s1. The van der Waals surface area contributed by atoms with Gasteiger partial charge in [-0.05, 0) is 57.6 Å². The Morgan fingerprint density at radius 2 is 1.95 bits per heavy atom. The molecule has 232 valence electrons. The van der Waals surface area contributed by atoms with Crippen molar-refractivity contribution in [2.45, 2.75) is 82.2 Å². The molecule has 1 spiro atoms. The van der Waals surface area contributed by atoms with Gasteiger partial charge in [0.1, 0.15) is 29.7 Å². The van der Waals surface area contributed by atoms with Gasteiger partial charge >= 0.3 is 5.97 Å². The highest BCUT2D eigenvalue weighted by molar-refractivity contribution is 5.98. The van der Waals surface area contributed by atoms with Crippen LogP contribution in [0.25, 0.3) is 11.0 Å². The summed E-state index contributed by atoms with van der Waals surface area (Å²) < 4.78 is 14.1. The Hall–Kier alpha value is -3.57. The predicted molar refractivity (Wildman–Crippen MR) is 159 cm³/mol. The molecule has 11 nitrogen and oxygen atoms in total. The van der Waals surface area contributed by atoms with Crippen molar-refractivity contribution in [1.82, 2.24) is 24.8 Å². The first-order chi connectivity index (χ1) is 20.8. The molecule has 1 aromatic carbocycles. The summed E-state index contributed by atoms with van der Waals surface area (Å²) in [5.41, 5.74) is -0.531. The van der Waals surface area contributed by atoms with Gasteiger partial charge < -0.3 is 24.4 Å². The molecule has 5 rings (SSSR count). The lowest BCUT2D eigenvalue weighted by atomic mass is 9.66. The van der Waals surface area contributed by atoms with E-state index in [2.05, 4.69) is 23.5 Å². The molecule has 43 heavy (non-hydrogen) atoms. The summed E-state index contributed by atoms with van der Waals surface area (Å²) in [6.07, 6.45) is 8.82. The fourth-order valence-corrected chi connectivity index (χ4v) is 7.27. The highest BCUT2D eigenvalue weighted by atomic mass is 16.6. The third-order valence-corrected chi connectivity index (χ3v) is 9.25. The fourth-order valence-electron chi connectivity index (χ4n) is 7.27. The number of nitrogens with zero attached hydrogens (tertiary/aromatic N) is 5. The smallest absolute Gasteiger partial charge is 0.312 e. The molecule has 11 heteroatoms. The molecule has 3 saturated heterocycles. The number of benzene rings is 1. The average molecular weight is 594 g/mol. The van der Waals surface area contributed by atoms with Crippen molar-refractivity contribution in [1.29, 1.82) is 0 Å². The summed E-state index contributed by atoms with van der Waals surface area (Å²) in [7, 11) is 0. The van der Waals surface area contributed by atoms with Gasteiger partial charge in [0.15, 0.2) is 0 Å². The van der Waals surface area contributed by atoms with Gasteiger partial charge in [-0.1, -0.05) is 42.3 Å². The largest absolute Gasteiger partial charge is 0.465 e. The zero-order chi connectivity index (χ0) is 30.6. The summed E-state index contributed by atoms with van der Waals surface area (Å²) in [5, 5.41) is 17.7. The number of aliphatic hydroxyl groups is 1. The first-order valence-electron chi connectivity index (χ1n) is 15.4. The minimum atomic E-state index is -1.14. The summed E-state index contributed by atoms with van der Waals surface area (Å²) >= 11 is 0. The van der Waals surface area contributed by atoms with Crippen molar-refractivity contribution in [2.75, 3.05) is 26.3 Å². The molecule has 3 aliphatic rings. The molecule has 1 N–H and O–H groups in total. The van der Waals surface area contributed by atoms with E-state index in [4.69, 9.17) is 9.47 Å². The number of esters is 1. The van der Waals surface area contributed by atoms with E-state index in [9.17, 15) is 19.5 Å². The van der Waals surface area contributed by atoms with Gasteiger partial charge in [-0.25, -0.2) is 4.68 Å². The molecule has 5 atom stereocenters. The van der Waals surface area contributed by atoms with Gasteiger partial charge in [-0.2, -0.15) is 0 Å².